The van der Waals surface area contributed by atoms with E-state index in [1.807, 2.05) is 30.3 Å². The Labute approximate surface area is 124 Å². The van der Waals surface area contributed by atoms with Crippen LogP contribution in [0.3, 0.4) is 0 Å². The lowest BCUT2D eigenvalue weighted by Crippen LogP contribution is -1.94. The van der Waals surface area contributed by atoms with Crippen molar-refractivity contribution in [2.45, 2.75) is 19.8 Å². The normalized spacial score (nSPS) is 11.0. The van der Waals surface area contributed by atoms with Crippen molar-refractivity contribution in [1.82, 2.24) is 4.98 Å². The molecule has 0 aliphatic rings. The summed E-state index contributed by atoms with van der Waals surface area (Å²) in [6, 6.07) is 13.9. The Morgan fingerprint density at radius 2 is 1.76 bits per heavy atom. The molecule has 106 valence electrons. The van der Waals surface area contributed by atoms with Crippen molar-refractivity contribution in [2.75, 3.05) is 5.73 Å². The van der Waals surface area contributed by atoms with Gasteiger partial charge in [-0.25, -0.2) is 0 Å². The van der Waals surface area contributed by atoms with Gasteiger partial charge >= 0.3 is 0 Å². The van der Waals surface area contributed by atoms with E-state index in [0.29, 0.717) is 17.4 Å². The molecule has 3 rings (SSSR count). The Balaban J connectivity index is 1.92. The Morgan fingerprint density at radius 1 is 1.00 bits per heavy atom. The number of nitrogen functional groups attached to an aromatic ring is 1. The zero-order chi connectivity index (χ0) is 14.8. The Kier molecular flexibility index (Phi) is 3.48. The van der Waals surface area contributed by atoms with Gasteiger partial charge in [-0.1, -0.05) is 26.0 Å². The number of ether oxygens (including phenoxy) is 1. The molecule has 3 aromatic rings. The minimum Gasteiger partial charge on any atom is -0.455 e. The van der Waals surface area contributed by atoms with Crippen LogP contribution in [-0.2, 0) is 0 Å². The van der Waals surface area contributed by atoms with Gasteiger partial charge in [-0.15, -0.1) is 0 Å². The first-order chi connectivity index (χ1) is 10.1. The zero-order valence-corrected chi connectivity index (χ0v) is 12.2. The van der Waals surface area contributed by atoms with E-state index in [1.165, 1.54) is 5.56 Å². The van der Waals surface area contributed by atoms with E-state index < -0.39 is 0 Å². The maximum atomic E-state index is 6.19. The van der Waals surface area contributed by atoms with Crippen molar-refractivity contribution in [3.63, 3.8) is 0 Å². The average Bonchev–Trinajstić information content (AvgIpc) is 2.51. The summed E-state index contributed by atoms with van der Waals surface area (Å²) < 4.78 is 5.91. The van der Waals surface area contributed by atoms with Crippen LogP contribution in [0, 0.1) is 0 Å². The van der Waals surface area contributed by atoms with E-state index in [9.17, 15) is 0 Å². The highest BCUT2D eigenvalue weighted by molar-refractivity contribution is 5.95. The maximum absolute atomic E-state index is 6.19. The molecular formula is C18H18N2O. The fourth-order valence-electron chi connectivity index (χ4n) is 2.31. The van der Waals surface area contributed by atoms with Crippen molar-refractivity contribution in [2.24, 2.45) is 0 Å². The minimum atomic E-state index is 0.511. The number of nitrogens with two attached hydrogens (primary N) is 1. The monoisotopic (exact) mass is 278 g/mol. The van der Waals surface area contributed by atoms with Crippen LogP contribution in [0.25, 0.3) is 10.8 Å². The van der Waals surface area contributed by atoms with E-state index in [1.54, 1.807) is 12.4 Å². The third kappa shape index (κ3) is 2.68. The van der Waals surface area contributed by atoms with Gasteiger partial charge in [0, 0.05) is 23.2 Å². The summed E-state index contributed by atoms with van der Waals surface area (Å²) >= 11 is 0. The first kappa shape index (κ1) is 13.4. The highest BCUT2D eigenvalue weighted by Crippen LogP contribution is 2.33. The molecule has 3 heteroatoms. The molecule has 1 heterocycles. The van der Waals surface area contributed by atoms with Gasteiger partial charge in [0.1, 0.15) is 5.75 Å². The molecule has 0 amide bonds. The average molecular weight is 278 g/mol. The molecule has 0 unspecified atom stereocenters. The van der Waals surface area contributed by atoms with Gasteiger partial charge in [0.15, 0.2) is 5.75 Å². The first-order valence-corrected chi connectivity index (χ1v) is 7.05. The maximum Gasteiger partial charge on any atom is 0.150 e. The molecule has 3 nitrogen and oxygen atoms in total. The van der Waals surface area contributed by atoms with Crippen LogP contribution in [0.1, 0.15) is 25.3 Å². The summed E-state index contributed by atoms with van der Waals surface area (Å²) in [5.74, 6) is 1.97. The van der Waals surface area contributed by atoms with Gasteiger partial charge in [0.25, 0.3) is 0 Å². The molecule has 0 spiro atoms. The Morgan fingerprint density at radius 3 is 2.48 bits per heavy atom. The summed E-state index contributed by atoms with van der Waals surface area (Å²) in [7, 11) is 0. The predicted octanol–water partition coefficient (Wildman–Crippen LogP) is 4.73. The van der Waals surface area contributed by atoms with Gasteiger partial charge in [-0.3, -0.25) is 4.98 Å². The molecule has 0 atom stereocenters. The molecule has 0 saturated heterocycles. The lowest BCUT2D eigenvalue weighted by molar-refractivity contribution is 0.485. The third-order valence-electron chi connectivity index (χ3n) is 3.60. The van der Waals surface area contributed by atoms with Crippen LogP contribution in [0.5, 0.6) is 11.5 Å². The number of benzene rings is 2. The van der Waals surface area contributed by atoms with E-state index in [2.05, 4.69) is 31.0 Å². The quantitative estimate of drug-likeness (QED) is 0.704. The van der Waals surface area contributed by atoms with Crippen LogP contribution in [0.2, 0.25) is 0 Å². The van der Waals surface area contributed by atoms with E-state index >= 15 is 0 Å². The van der Waals surface area contributed by atoms with Gasteiger partial charge in [0.2, 0.25) is 0 Å². The summed E-state index contributed by atoms with van der Waals surface area (Å²) in [6.07, 6.45) is 3.53. The fraction of sp³-hybridized carbons (Fsp3) is 0.167. The summed E-state index contributed by atoms with van der Waals surface area (Å²) in [6.45, 7) is 4.34. The molecule has 2 N–H and O–H groups in total. The summed E-state index contributed by atoms with van der Waals surface area (Å²) in [5, 5.41) is 1.97. The van der Waals surface area contributed by atoms with Crippen molar-refractivity contribution in [3.05, 3.63) is 60.4 Å². The van der Waals surface area contributed by atoms with Crippen molar-refractivity contribution in [3.8, 4) is 11.5 Å². The molecule has 0 radical (unpaired) electrons. The smallest absolute Gasteiger partial charge is 0.150 e. The van der Waals surface area contributed by atoms with Gasteiger partial charge in [-0.05, 0) is 41.8 Å². The summed E-state index contributed by atoms with van der Waals surface area (Å²) in [5.41, 5.74) is 8.13. The van der Waals surface area contributed by atoms with Crippen molar-refractivity contribution in [1.29, 1.82) is 0 Å². The molecule has 0 aliphatic heterocycles. The molecule has 2 aromatic carbocycles. The van der Waals surface area contributed by atoms with Gasteiger partial charge in [-0.2, -0.15) is 0 Å². The Bertz CT molecular complexity index is 764. The van der Waals surface area contributed by atoms with Crippen LogP contribution in [0.15, 0.2) is 54.9 Å². The Hall–Kier alpha value is -2.55. The number of hydrogen-bond donors (Lipinski definition) is 1. The molecule has 0 saturated carbocycles. The molecular weight excluding hydrogens is 260 g/mol. The molecule has 1 aromatic heterocycles. The lowest BCUT2D eigenvalue weighted by Gasteiger charge is -2.12. The SMILES string of the molecule is CC(C)c1ccc(Oc2ccc3cnccc3c2N)cc1. The van der Waals surface area contributed by atoms with Gasteiger partial charge < -0.3 is 10.5 Å². The number of hydrogen-bond acceptors (Lipinski definition) is 3. The first-order valence-electron chi connectivity index (χ1n) is 7.05. The number of aromatic nitrogens is 1. The van der Waals surface area contributed by atoms with Crippen LogP contribution >= 0.6 is 0 Å². The standard InChI is InChI=1S/C18H18N2O/c1-12(2)13-3-6-15(7-4-13)21-17-8-5-14-11-20-10-9-16(14)18(17)19/h3-12H,19H2,1-2H3. The van der Waals surface area contributed by atoms with E-state index in [4.69, 9.17) is 10.5 Å². The van der Waals surface area contributed by atoms with Crippen LogP contribution < -0.4 is 10.5 Å². The molecule has 0 bridgehead atoms. The predicted molar refractivity (Wildman–Crippen MR) is 86.8 cm³/mol. The third-order valence-corrected chi connectivity index (χ3v) is 3.60. The molecule has 0 aliphatic carbocycles. The molecule has 0 fully saturated rings. The summed E-state index contributed by atoms with van der Waals surface area (Å²) in [4.78, 5) is 4.10. The van der Waals surface area contributed by atoms with Gasteiger partial charge in [0.05, 0.1) is 5.69 Å². The van der Waals surface area contributed by atoms with Crippen molar-refractivity contribution >= 4 is 16.5 Å². The van der Waals surface area contributed by atoms with Crippen molar-refractivity contribution < 1.29 is 4.74 Å². The highest BCUT2D eigenvalue weighted by Gasteiger charge is 2.07. The second-order valence-corrected chi connectivity index (χ2v) is 5.40. The largest absolute Gasteiger partial charge is 0.455 e. The fourth-order valence-corrected chi connectivity index (χ4v) is 2.31. The number of rotatable bonds is 3. The number of anilines is 1. The number of pyridine rings is 1. The lowest BCUT2D eigenvalue weighted by atomic mass is 10.0. The van der Waals surface area contributed by atoms with E-state index in [0.717, 1.165) is 16.5 Å². The highest BCUT2D eigenvalue weighted by atomic mass is 16.5. The number of nitrogens with zero attached hydrogens (tertiary/aromatic N) is 1. The zero-order valence-electron chi connectivity index (χ0n) is 12.2. The molecule has 21 heavy (non-hydrogen) atoms. The second-order valence-electron chi connectivity index (χ2n) is 5.40. The van der Waals surface area contributed by atoms with Crippen LogP contribution in [0.4, 0.5) is 5.69 Å². The second kappa shape index (κ2) is 5.44. The van der Waals surface area contributed by atoms with E-state index in [-0.39, 0.29) is 0 Å². The topological polar surface area (TPSA) is 48.1 Å². The number of fused-ring (bicyclic) bond motifs is 1. The minimum absolute atomic E-state index is 0.511. The van der Waals surface area contributed by atoms with Crippen LogP contribution in [-0.4, -0.2) is 4.98 Å².